The van der Waals surface area contributed by atoms with Gasteiger partial charge in [-0.2, -0.15) is 5.26 Å². The zero-order valence-corrected chi connectivity index (χ0v) is 11.3. The van der Waals surface area contributed by atoms with E-state index in [-0.39, 0.29) is 12.5 Å². The van der Waals surface area contributed by atoms with Gasteiger partial charge in [-0.15, -0.1) is 0 Å². The summed E-state index contributed by atoms with van der Waals surface area (Å²) < 4.78 is 0.884. The van der Waals surface area contributed by atoms with Gasteiger partial charge in [0.2, 0.25) is 0 Å². The Labute approximate surface area is 113 Å². The third kappa shape index (κ3) is 2.49. The Morgan fingerprint density at radius 3 is 3.00 bits per heavy atom. The second-order valence-corrected chi connectivity index (χ2v) is 4.73. The van der Waals surface area contributed by atoms with Crippen LogP contribution in [-0.4, -0.2) is 17.4 Å². The molecule has 0 spiro atoms. The Hall–Kier alpha value is -1.93. The van der Waals surface area contributed by atoms with Crippen LogP contribution < -0.4 is 5.32 Å². The molecular formula is C13H10BrN3O. The van der Waals surface area contributed by atoms with Gasteiger partial charge in [0.25, 0.3) is 5.91 Å². The monoisotopic (exact) mass is 303 g/mol. The molecule has 0 saturated carbocycles. The van der Waals surface area contributed by atoms with Crippen molar-refractivity contribution in [3.8, 4) is 6.07 Å². The predicted molar refractivity (Wildman–Crippen MR) is 72.1 cm³/mol. The minimum atomic E-state index is -0.259. The average Bonchev–Trinajstić information content (AvgIpc) is 2.35. The van der Waals surface area contributed by atoms with Crippen molar-refractivity contribution in [1.29, 1.82) is 5.26 Å². The molecule has 0 bridgehead atoms. The lowest BCUT2D eigenvalue weighted by Crippen LogP contribution is -2.24. The first-order valence-corrected chi connectivity index (χ1v) is 6.13. The molecule has 0 unspecified atom stereocenters. The van der Waals surface area contributed by atoms with E-state index >= 15 is 0 Å². The quantitative estimate of drug-likeness (QED) is 0.867. The van der Waals surface area contributed by atoms with Gasteiger partial charge in [-0.3, -0.25) is 9.78 Å². The van der Waals surface area contributed by atoms with Crippen LogP contribution in [0.2, 0.25) is 0 Å². The van der Waals surface area contributed by atoms with Gasteiger partial charge in [0.15, 0.2) is 0 Å². The lowest BCUT2D eigenvalue weighted by molar-refractivity contribution is 0.0960. The van der Waals surface area contributed by atoms with Gasteiger partial charge in [0, 0.05) is 15.6 Å². The Balaban J connectivity index is 2.58. The lowest BCUT2D eigenvalue weighted by Gasteiger charge is -2.07. The summed E-state index contributed by atoms with van der Waals surface area (Å²) in [6.07, 6.45) is 0. The second-order valence-electron chi connectivity index (χ2n) is 3.81. The number of carbonyl (C=O) groups is 1. The van der Waals surface area contributed by atoms with Gasteiger partial charge in [-0.05, 0) is 31.2 Å². The van der Waals surface area contributed by atoms with Crippen molar-refractivity contribution in [2.24, 2.45) is 0 Å². The molecule has 0 saturated heterocycles. The fraction of sp³-hybridized carbons (Fsp3) is 0.154. The van der Waals surface area contributed by atoms with E-state index in [0.717, 1.165) is 21.1 Å². The van der Waals surface area contributed by atoms with Crippen molar-refractivity contribution in [3.05, 3.63) is 40.0 Å². The van der Waals surface area contributed by atoms with Gasteiger partial charge < -0.3 is 5.32 Å². The molecule has 0 aliphatic carbocycles. The van der Waals surface area contributed by atoms with Crippen LogP contribution in [0.1, 0.15) is 16.1 Å². The van der Waals surface area contributed by atoms with E-state index in [1.165, 1.54) is 0 Å². The molecule has 0 aliphatic rings. The fourth-order valence-corrected chi connectivity index (χ4v) is 2.09. The van der Waals surface area contributed by atoms with Crippen LogP contribution in [0.25, 0.3) is 10.9 Å². The zero-order chi connectivity index (χ0) is 13.1. The number of pyridine rings is 1. The summed E-state index contributed by atoms with van der Waals surface area (Å²) >= 11 is 3.38. The first kappa shape index (κ1) is 12.5. The second kappa shape index (κ2) is 5.15. The highest BCUT2D eigenvalue weighted by Gasteiger charge is 2.11. The molecule has 2 rings (SSSR count). The van der Waals surface area contributed by atoms with Crippen molar-refractivity contribution >= 4 is 32.7 Å². The molecule has 1 amide bonds. The standard InChI is InChI=1S/C13H10BrN3O/c1-8-6-11(13(18)16-5-4-15)10-7-9(14)2-3-12(10)17-8/h2-3,6-7H,5H2,1H3,(H,16,18). The van der Waals surface area contributed by atoms with E-state index in [4.69, 9.17) is 5.26 Å². The number of aryl methyl sites for hydroxylation is 1. The summed E-state index contributed by atoms with van der Waals surface area (Å²) in [7, 11) is 0. The van der Waals surface area contributed by atoms with Crippen LogP contribution in [0.15, 0.2) is 28.7 Å². The maximum atomic E-state index is 12.0. The molecule has 5 heteroatoms. The number of carbonyl (C=O) groups excluding carboxylic acids is 1. The number of nitrogens with one attached hydrogen (secondary N) is 1. The summed E-state index contributed by atoms with van der Waals surface area (Å²) in [4.78, 5) is 16.4. The summed E-state index contributed by atoms with van der Waals surface area (Å²) in [6, 6.07) is 9.19. The number of halogens is 1. The zero-order valence-electron chi connectivity index (χ0n) is 9.70. The Morgan fingerprint density at radius 2 is 2.28 bits per heavy atom. The Kier molecular flexibility index (Phi) is 3.58. The maximum Gasteiger partial charge on any atom is 0.252 e. The van der Waals surface area contributed by atoms with Crippen LogP contribution in [0, 0.1) is 18.3 Å². The number of nitrogens with zero attached hydrogens (tertiary/aromatic N) is 2. The van der Waals surface area contributed by atoms with Crippen LogP contribution in [-0.2, 0) is 0 Å². The summed E-state index contributed by atoms with van der Waals surface area (Å²) in [6.45, 7) is 1.83. The van der Waals surface area contributed by atoms with E-state index < -0.39 is 0 Å². The molecule has 0 atom stereocenters. The number of fused-ring (bicyclic) bond motifs is 1. The molecule has 4 nitrogen and oxygen atoms in total. The minimum Gasteiger partial charge on any atom is -0.339 e. The largest absolute Gasteiger partial charge is 0.339 e. The molecule has 1 heterocycles. The van der Waals surface area contributed by atoms with Gasteiger partial charge in [0.05, 0.1) is 17.1 Å². The molecule has 0 radical (unpaired) electrons. The highest BCUT2D eigenvalue weighted by Crippen LogP contribution is 2.22. The highest BCUT2D eigenvalue weighted by molar-refractivity contribution is 9.10. The number of hydrogen-bond donors (Lipinski definition) is 1. The van der Waals surface area contributed by atoms with E-state index in [2.05, 4.69) is 26.2 Å². The molecule has 1 aromatic carbocycles. The normalized spacial score (nSPS) is 10.1. The summed E-state index contributed by atoms with van der Waals surface area (Å²) in [5.41, 5.74) is 2.07. The smallest absolute Gasteiger partial charge is 0.252 e. The molecule has 2 aromatic rings. The molecule has 90 valence electrons. The molecular weight excluding hydrogens is 294 g/mol. The highest BCUT2D eigenvalue weighted by atomic mass is 79.9. The number of rotatable bonds is 2. The third-order valence-corrected chi connectivity index (χ3v) is 2.96. The van der Waals surface area contributed by atoms with Gasteiger partial charge in [-0.25, -0.2) is 0 Å². The van der Waals surface area contributed by atoms with E-state index in [0.29, 0.717) is 5.56 Å². The van der Waals surface area contributed by atoms with E-state index in [1.54, 1.807) is 6.07 Å². The van der Waals surface area contributed by atoms with Crippen molar-refractivity contribution < 1.29 is 4.79 Å². The fourth-order valence-electron chi connectivity index (χ4n) is 1.73. The van der Waals surface area contributed by atoms with Gasteiger partial charge in [0.1, 0.15) is 6.54 Å². The lowest BCUT2D eigenvalue weighted by atomic mass is 10.1. The molecule has 1 N–H and O–H groups in total. The van der Waals surface area contributed by atoms with Crippen molar-refractivity contribution in [2.75, 3.05) is 6.54 Å². The molecule has 0 aliphatic heterocycles. The molecule has 18 heavy (non-hydrogen) atoms. The Bertz CT molecular complexity index is 661. The maximum absolute atomic E-state index is 12.0. The number of amides is 1. The van der Waals surface area contributed by atoms with Crippen LogP contribution in [0.5, 0.6) is 0 Å². The summed E-state index contributed by atoms with van der Waals surface area (Å²) in [5.74, 6) is -0.259. The third-order valence-electron chi connectivity index (χ3n) is 2.47. The van der Waals surface area contributed by atoms with Crippen molar-refractivity contribution in [2.45, 2.75) is 6.92 Å². The van der Waals surface area contributed by atoms with Crippen LogP contribution >= 0.6 is 15.9 Å². The van der Waals surface area contributed by atoms with Crippen LogP contribution in [0.3, 0.4) is 0 Å². The number of nitriles is 1. The van der Waals surface area contributed by atoms with Crippen molar-refractivity contribution in [3.63, 3.8) is 0 Å². The molecule has 1 aromatic heterocycles. The predicted octanol–water partition coefficient (Wildman–Crippen LogP) is 2.56. The van der Waals surface area contributed by atoms with Crippen LogP contribution in [0.4, 0.5) is 0 Å². The number of hydrogen-bond acceptors (Lipinski definition) is 3. The minimum absolute atomic E-state index is 0.00427. The number of aromatic nitrogens is 1. The van der Waals surface area contributed by atoms with E-state index in [9.17, 15) is 4.79 Å². The SMILES string of the molecule is Cc1cc(C(=O)NCC#N)c2cc(Br)ccc2n1. The molecule has 0 fully saturated rings. The first-order valence-electron chi connectivity index (χ1n) is 5.34. The first-order chi connectivity index (χ1) is 8.61. The average molecular weight is 304 g/mol. The van der Waals surface area contributed by atoms with Crippen molar-refractivity contribution in [1.82, 2.24) is 10.3 Å². The Morgan fingerprint density at radius 1 is 1.50 bits per heavy atom. The van der Waals surface area contributed by atoms with E-state index in [1.807, 2.05) is 31.2 Å². The van der Waals surface area contributed by atoms with Gasteiger partial charge >= 0.3 is 0 Å². The number of benzene rings is 1. The summed E-state index contributed by atoms with van der Waals surface area (Å²) in [5, 5.41) is 11.8. The topological polar surface area (TPSA) is 65.8 Å². The van der Waals surface area contributed by atoms with Gasteiger partial charge in [-0.1, -0.05) is 15.9 Å².